The van der Waals surface area contributed by atoms with Crippen molar-refractivity contribution < 1.29 is 18.9 Å². The van der Waals surface area contributed by atoms with Gasteiger partial charge in [-0.2, -0.15) is 0 Å². The molecule has 1 fully saturated rings. The SMILES string of the molecule is COc1cc(/C=C/CCCCCCCCOC2CCCCO2)cc(OC)c1. The number of benzene rings is 1. The average Bonchev–Trinajstić information content (AvgIpc) is 2.72. The van der Waals surface area contributed by atoms with E-state index in [4.69, 9.17) is 18.9 Å². The zero-order valence-corrected chi connectivity index (χ0v) is 17.1. The lowest BCUT2D eigenvalue weighted by atomic mass is 10.1. The normalized spacial score (nSPS) is 17.3. The molecule has 1 aromatic carbocycles. The van der Waals surface area contributed by atoms with E-state index >= 15 is 0 Å². The summed E-state index contributed by atoms with van der Waals surface area (Å²) in [5, 5.41) is 0. The fourth-order valence-electron chi connectivity index (χ4n) is 3.27. The molecule has 0 bridgehead atoms. The first-order valence-electron chi connectivity index (χ1n) is 10.4. The Labute approximate surface area is 164 Å². The first-order chi connectivity index (χ1) is 13.3. The van der Waals surface area contributed by atoms with Gasteiger partial charge in [-0.15, -0.1) is 0 Å². The molecule has 1 saturated heterocycles. The molecule has 0 aromatic heterocycles. The maximum Gasteiger partial charge on any atom is 0.157 e. The van der Waals surface area contributed by atoms with Gasteiger partial charge in [-0.05, 0) is 56.2 Å². The van der Waals surface area contributed by atoms with Crippen LogP contribution in [0, 0.1) is 0 Å². The molecule has 0 saturated carbocycles. The van der Waals surface area contributed by atoms with Gasteiger partial charge in [0.25, 0.3) is 0 Å². The number of allylic oxidation sites excluding steroid dienone is 1. The first kappa shape index (κ1) is 21.8. The number of hydrogen-bond donors (Lipinski definition) is 0. The van der Waals surface area contributed by atoms with Crippen molar-refractivity contribution >= 4 is 6.08 Å². The molecule has 4 heteroatoms. The molecule has 1 unspecified atom stereocenters. The molecule has 152 valence electrons. The van der Waals surface area contributed by atoms with E-state index in [1.165, 1.54) is 44.9 Å². The average molecular weight is 377 g/mol. The minimum atomic E-state index is 0.0649. The lowest BCUT2D eigenvalue weighted by Crippen LogP contribution is -2.22. The Kier molecular flexibility index (Phi) is 11.0. The predicted molar refractivity (Wildman–Crippen MR) is 110 cm³/mol. The zero-order valence-electron chi connectivity index (χ0n) is 17.1. The summed E-state index contributed by atoms with van der Waals surface area (Å²) in [7, 11) is 3.36. The van der Waals surface area contributed by atoms with Crippen LogP contribution in [0.25, 0.3) is 6.08 Å². The molecule has 1 aliphatic heterocycles. The van der Waals surface area contributed by atoms with Gasteiger partial charge in [-0.25, -0.2) is 0 Å². The molecule has 0 aliphatic carbocycles. The highest BCUT2D eigenvalue weighted by Gasteiger charge is 2.13. The molecule has 0 spiro atoms. The summed E-state index contributed by atoms with van der Waals surface area (Å²) < 4.78 is 21.9. The first-order valence-corrected chi connectivity index (χ1v) is 10.4. The van der Waals surface area contributed by atoms with Crippen LogP contribution in [0.2, 0.25) is 0 Å². The summed E-state index contributed by atoms with van der Waals surface area (Å²) in [6.45, 7) is 1.71. The number of hydrogen-bond acceptors (Lipinski definition) is 4. The van der Waals surface area contributed by atoms with Crippen LogP contribution in [0.3, 0.4) is 0 Å². The summed E-state index contributed by atoms with van der Waals surface area (Å²) >= 11 is 0. The second kappa shape index (κ2) is 13.6. The van der Waals surface area contributed by atoms with Gasteiger partial charge in [-0.3, -0.25) is 0 Å². The van der Waals surface area contributed by atoms with Crippen molar-refractivity contribution in [1.29, 1.82) is 0 Å². The minimum absolute atomic E-state index is 0.0649. The molecular formula is C23H36O4. The van der Waals surface area contributed by atoms with E-state index in [2.05, 4.69) is 12.2 Å². The maximum atomic E-state index is 5.77. The third-order valence-electron chi connectivity index (χ3n) is 4.89. The Morgan fingerprint density at radius 2 is 1.63 bits per heavy atom. The van der Waals surface area contributed by atoms with Crippen LogP contribution >= 0.6 is 0 Å². The second-order valence-corrected chi connectivity index (χ2v) is 7.13. The Morgan fingerprint density at radius 1 is 0.926 bits per heavy atom. The van der Waals surface area contributed by atoms with Crippen LogP contribution in [0.5, 0.6) is 11.5 Å². The number of methoxy groups -OCH3 is 2. The molecule has 0 amide bonds. The Balaban J connectivity index is 1.46. The topological polar surface area (TPSA) is 36.9 Å². The van der Waals surface area contributed by atoms with Crippen LogP contribution in [0.4, 0.5) is 0 Å². The van der Waals surface area contributed by atoms with Crippen LogP contribution in [0.1, 0.15) is 69.8 Å². The summed E-state index contributed by atoms with van der Waals surface area (Å²) in [5.41, 5.74) is 1.12. The summed E-state index contributed by atoms with van der Waals surface area (Å²) in [6.07, 6.45) is 16.6. The van der Waals surface area contributed by atoms with Gasteiger partial charge in [0, 0.05) is 19.3 Å². The van der Waals surface area contributed by atoms with Crippen LogP contribution in [-0.2, 0) is 9.47 Å². The van der Waals surface area contributed by atoms with Crippen molar-refractivity contribution in [2.75, 3.05) is 27.4 Å². The monoisotopic (exact) mass is 376 g/mol. The van der Waals surface area contributed by atoms with Gasteiger partial charge >= 0.3 is 0 Å². The van der Waals surface area contributed by atoms with Gasteiger partial charge in [0.05, 0.1) is 14.2 Å². The van der Waals surface area contributed by atoms with Crippen LogP contribution in [-0.4, -0.2) is 33.7 Å². The molecule has 1 atom stereocenters. The Bertz CT molecular complexity index is 513. The number of ether oxygens (including phenoxy) is 4. The van der Waals surface area contributed by atoms with Crippen molar-refractivity contribution in [2.45, 2.75) is 70.5 Å². The standard InChI is InChI=1S/C23H36O4/c1-24-21-17-20(18-22(19-21)25-2)13-9-7-5-3-4-6-8-11-15-26-23-14-10-12-16-27-23/h9,13,17-19,23H,3-8,10-12,14-16H2,1-2H3/b13-9+. The van der Waals surface area contributed by atoms with Crippen molar-refractivity contribution in [3.8, 4) is 11.5 Å². The Hall–Kier alpha value is -1.52. The van der Waals surface area contributed by atoms with E-state index < -0.39 is 0 Å². The van der Waals surface area contributed by atoms with Gasteiger partial charge in [0.15, 0.2) is 6.29 Å². The summed E-state index contributed by atoms with van der Waals surface area (Å²) in [5.74, 6) is 1.65. The number of rotatable bonds is 13. The van der Waals surface area contributed by atoms with Crippen molar-refractivity contribution in [3.05, 3.63) is 29.8 Å². The van der Waals surface area contributed by atoms with E-state index in [0.717, 1.165) is 49.5 Å². The van der Waals surface area contributed by atoms with E-state index in [1.807, 2.05) is 18.2 Å². The van der Waals surface area contributed by atoms with Gasteiger partial charge in [0.2, 0.25) is 0 Å². The lowest BCUT2D eigenvalue weighted by Gasteiger charge is -2.22. The minimum Gasteiger partial charge on any atom is -0.497 e. The van der Waals surface area contributed by atoms with E-state index in [-0.39, 0.29) is 6.29 Å². The zero-order chi connectivity index (χ0) is 19.2. The lowest BCUT2D eigenvalue weighted by molar-refractivity contribution is -0.162. The molecule has 27 heavy (non-hydrogen) atoms. The molecule has 0 N–H and O–H groups in total. The third kappa shape index (κ3) is 9.30. The maximum absolute atomic E-state index is 5.77. The highest BCUT2D eigenvalue weighted by atomic mass is 16.7. The molecule has 4 nitrogen and oxygen atoms in total. The number of unbranched alkanes of at least 4 members (excludes halogenated alkanes) is 6. The van der Waals surface area contributed by atoms with Gasteiger partial charge in [-0.1, -0.05) is 37.8 Å². The molecular weight excluding hydrogens is 340 g/mol. The smallest absolute Gasteiger partial charge is 0.157 e. The third-order valence-corrected chi connectivity index (χ3v) is 4.89. The largest absolute Gasteiger partial charge is 0.497 e. The molecule has 1 heterocycles. The molecule has 0 radical (unpaired) electrons. The van der Waals surface area contributed by atoms with E-state index in [0.29, 0.717) is 0 Å². The fraction of sp³-hybridized carbons (Fsp3) is 0.652. The quantitative estimate of drug-likeness (QED) is 0.396. The molecule has 1 aromatic rings. The summed E-state index contributed by atoms with van der Waals surface area (Å²) in [4.78, 5) is 0. The van der Waals surface area contributed by atoms with Gasteiger partial charge in [0.1, 0.15) is 11.5 Å². The Morgan fingerprint density at radius 3 is 2.30 bits per heavy atom. The van der Waals surface area contributed by atoms with Crippen LogP contribution in [0.15, 0.2) is 24.3 Å². The highest BCUT2D eigenvalue weighted by molar-refractivity contribution is 5.55. The van der Waals surface area contributed by atoms with Crippen LogP contribution < -0.4 is 9.47 Å². The van der Waals surface area contributed by atoms with Crippen molar-refractivity contribution in [3.63, 3.8) is 0 Å². The van der Waals surface area contributed by atoms with Gasteiger partial charge < -0.3 is 18.9 Å². The van der Waals surface area contributed by atoms with Crippen molar-refractivity contribution in [1.82, 2.24) is 0 Å². The molecule has 2 rings (SSSR count). The second-order valence-electron chi connectivity index (χ2n) is 7.13. The molecule has 1 aliphatic rings. The predicted octanol–water partition coefficient (Wildman–Crippen LogP) is 5.99. The fourth-order valence-corrected chi connectivity index (χ4v) is 3.27. The highest BCUT2D eigenvalue weighted by Crippen LogP contribution is 2.23. The van der Waals surface area contributed by atoms with E-state index in [9.17, 15) is 0 Å². The van der Waals surface area contributed by atoms with E-state index in [1.54, 1.807) is 14.2 Å². The summed E-state index contributed by atoms with van der Waals surface area (Å²) in [6, 6.07) is 5.95. The van der Waals surface area contributed by atoms with Crippen molar-refractivity contribution in [2.24, 2.45) is 0 Å².